The summed E-state index contributed by atoms with van der Waals surface area (Å²) in [7, 11) is 3.58. The van der Waals surface area contributed by atoms with Crippen LogP contribution in [-0.4, -0.2) is 77.6 Å². The minimum atomic E-state index is -0.133. The molecule has 4 fully saturated rings. The number of aliphatic hydroxyl groups is 1. The lowest BCUT2D eigenvalue weighted by atomic mass is 9.47. The van der Waals surface area contributed by atoms with Gasteiger partial charge in [0.25, 0.3) is 0 Å². The summed E-state index contributed by atoms with van der Waals surface area (Å²) in [5.41, 5.74) is 2.26. The monoisotopic (exact) mass is 527 g/mol. The third-order valence-electron chi connectivity index (χ3n) is 12.3. The molecule has 0 spiro atoms. The summed E-state index contributed by atoms with van der Waals surface area (Å²) in [6.07, 6.45) is 13.6. The number of hydrogen-bond acceptors (Lipinski definition) is 3. The first kappa shape index (κ1) is 28.0. The number of aliphatic hydroxyl groups excluding tert-OH is 1. The van der Waals surface area contributed by atoms with Crippen LogP contribution in [-0.2, 0) is 4.79 Å². The molecule has 4 aliphatic carbocycles. The number of nitrogens with zero attached hydrogens (tertiary/aromatic N) is 3. The Morgan fingerprint density at radius 2 is 1.87 bits per heavy atom. The highest BCUT2D eigenvalue weighted by Crippen LogP contribution is 2.67. The van der Waals surface area contributed by atoms with Crippen LogP contribution in [0.4, 0.5) is 4.79 Å². The topological polar surface area (TPSA) is 64.1 Å². The zero-order chi connectivity index (χ0) is 27.4. The summed E-state index contributed by atoms with van der Waals surface area (Å²) in [5, 5.41) is 10.3. The normalized spacial score (nSPS) is 41.5. The fourth-order valence-electron chi connectivity index (χ4n) is 10.1. The van der Waals surface area contributed by atoms with E-state index in [1.807, 2.05) is 9.80 Å². The molecule has 214 valence electrons. The first-order chi connectivity index (χ1) is 18.0. The molecule has 1 aliphatic heterocycles. The summed E-state index contributed by atoms with van der Waals surface area (Å²) in [5.74, 6) is 3.91. The molecule has 1 saturated heterocycles. The number of allylic oxidation sites excluding steroid dienone is 1. The van der Waals surface area contributed by atoms with E-state index in [0.29, 0.717) is 48.7 Å². The number of carbonyl (C=O) groups excluding carboxylic acids is 2. The van der Waals surface area contributed by atoms with Crippen LogP contribution in [0.15, 0.2) is 11.6 Å². The van der Waals surface area contributed by atoms with Crippen molar-refractivity contribution in [3.8, 4) is 0 Å². The molecule has 38 heavy (non-hydrogen) atoms. The Labute approximate surface area is 231 Å². The van der Waals surface area contributed by atoms with E-state index < -0.39 is 0 Å². The van der Waals surface area contributed by atoms with Gasteiger partial charge >= 0.3 is 6.03 Å². The van der Waals surface area contributed by atoms with Crippen LogP contribution < -0.4 is 0 Å². The van der Waals surface area contributed by atoms with Crippen molar-refractivity contribution >= 4 is 11.9 Å². The van der Waals surface area contributed by atoms with Gasteiger partial charge in [-0.15, -0.1) is 0 Å². The number of fused-ring (bicyclic) bond motifs is 5. The van der Waals surface area contributed by atoms with Crippen molar-refractivity contribution in [3.05, 3.63) is 11.6 Å². The van der Waals surface area contributed by atoms with Crippen LogP contribution >= 0.6 is 0 Å². The molecule has 9 atom stereocenters. The molecular weight excluding hydrogens is 474 g/mol. The third kappa shape index (κ3) is 4.71. The minimum Gasteiger partial charge on any atom is -0.393 e. The molecule has 2 unspecified atom stereocenters. The maximum Gasteiger partial charge on any atom is 0.319 e. The zero-order valence-electron chi connectivity index (χ0n) is 24.9. The molecule has 6 heteroatoms. The average Bonchev–Trinajstić information content (AvgIpc) is 3.24. The van der Waals surface area contributed by atoms with Gasteiger partial charge in [-0.3, -0.25) is 4.79 Å². The van der Waals surface area contributed by atoms with Crippen LogP contribution in [0.3, 0.4) is 0 Å². The predicted octanol–water partition coefficient (Wildman–Crippen LogP) is 5.56. The molecule has 0 bridgehead atoms. The Kier molecular flexibility index (Phi) is 7.69. The van der Waals surface area contributed by atoms with Crippen LogP contribution in [0.5, 0.6) is 0 Å². The van der Waals surface area contributed by atoms with Gasteiger partial charge in [0.2, 0.25) is 5.91 Å². The van der Waals surface area contributed by atoms with Gasteiger partial charge in [0.15, 0.2) is 0 Å². The van der Waals surface area contributed by atoms with Gasteiger partial charge < -0.3 is 19.8 Å². The van der Waals surface area contributed by atoms with E-state index in [0.717, 1.165) is 43.4 Å². The highest BCUT2D eigenvalue weighted by Gasteiger charge is 2.59. The largest absolute Gasteiger partial charge is 0.393 e. The number of carbonyl (C=O) groups is 2. The minimum absolute atomic E-state index is 0.0380. The fourth-order valence-corrected chi connectivity index (χ4v) is 10.1. The molecular formula is C32H53N3O3. The maximum atomic E-state index is 13.3. The Bertz CT molecular complexity index is 948. The lowest BCUT2D eigenvalue weighted by molar-refractivity contribution is -0.135. The van der Waals surface area contributed by atoms with Crippen molar-refractivity contribution in [3.63, 3.8) is 0 Å². The Hall–Kier alpha value is -1.56. The second-order valence-electron chi connectivity index (χ2n) is 14.5. The highest BCUT2D eigenvalue weighted by atomic mass is 16.3. The average molecular weight is 528 g/mol. The van der Waals surface area contributed by atoms with E-state index >= 15 is 0 Å². The van der Waals surface area contributed by atoms with Crippen molar-refractivity contribution in [2.24, 2.45) is 40.4 Å². The Morgan fingerprint density at radius 1 is 1.11 bits per heavy atom. The lowest BCUT2D eigenvalue weighted by Gasteiger charge is -2.58. The molecule has 3 amide bonds. The van der Waals surface area contributed by atoms with Crippen molar-refractivity contribution in [1.29, 1.82) is 0 Å². The van der Waals surface area contributed by atoms with Crippen LogP contribution in [0.1, 0.15) is 91.9 Å². The number of rotatable bonds is 4. The molecule has 3 saturated carbocycles. The SMILES string of the molecule is CC(CCC(=O)N1CCN(C(=O)N(C)C)CC1C)[C@H]1CC[C@H]2[C@@H]3CC=C4C[C@@H](O)CC[C@]4(C)[C@H]3CC[C@]12C. The number of hydrogen-bond donors (Lipinski definition) is 1. The molecule has 0 radical (unpaired) electrons. The van der Waals surface area contributed by atoms with E-state index in [4.69, 9.17) is 0 Å². The third-order valence-corrected chi connectivity index (χ3v) is 12.3. The lowest BCUT2D eigenvalue weighted by Crippen LogP contribution is -2.57. The number of urea groups is 1. The molecule has 1 N–H and O–H groups in total. The van der Waals surface area contributed by atoms with E-state index in [1.165, 1.54) is 32.1 Å². The van der Waals surface area contributed by atoms with Gasteiger partial charge in [0.05, 0.1) is 6.10 Å². The molecule has 6 nitrogen and oxygen atoms in total. The first-order valence-corrected chi connectivity index (χ1v) is 15.6. The van der Waals surface area contributed by atoms with Gasteiger partial charge in [0, 0.05) is 46.2 Å². The molecule has 0 aromatic rings. The van der Waals surface area contributed by atoms with Crippen LogP contribution in [0.25, 0.3) is 0 Å². The van der Waals surface area contributed by atoms with Crippen LogP contribution in [0, 0.1) is 40.4 Å². The van der Waals surface area contributed by atoms with Gasteiger partial charge in [-0.25, -0.2) is 4.79 Å². The Balaban J connectivity index is 1.18. The summed E-state index contributed by atoms with van der Waals surface area (Å²) < 4.78 is 0. The fraction of sp³-hybridized carbons (Fsp3) is 0.875. The Morgan fingerprint density at radius 3 is 2.58 bits per heavy atom. The van der Waals surface area contributed by atoms with E-state index in [1.54, 1.807) is 24.6 Å². The molecule has 0 aromatic carbocycles. The van der Waals surface area contributed by atoms with E-state index in [-0.39, 0.29) is 24.1 Å². The van der Waals surface area contributed by atoms with E-state index in [9.17, 15) is 14.7 Å². The van der Waals surface area contributed by atoms with Crippen molar-refractivity contribution in [1.82, 2.24) is 14.7 Å². The maximum absolute atomic E-state index is 13.3. The molecule has 0 aromatic heterocycles. The van der Waals surface area contributed by atoms with Gasteiger partial charge in [0.1, 0.15) is 0 Å². The second-order valence-corrected chi connectivity index (χ2v) is 14.5. The summed E-state index contributed by atoms with van der Waals surface area (Å²) in [4.78, 5) is 31.1. The quantitative estimate of drug-likeness (QED) is 0.487. The zero-order valence-corrected chi connectivity index (χ0v) is 24.9. The van der Waals surface area contributed by atoms with Gasteiger partial charge in [-0.05, 0) is 105 Å². The standard InChI is InChI=1S/C32H53N3O3/c1-21(7-12-29(37)35-18-17-34(20-22(35)2)30(38)33(5)6)26-10-11-27-25-9-8-23-19-24(36)13-15-31(23,3)28(25)14-16-32(26,27)4/h8,21-22,24-28,36H,7,9-20H2,1-6H3/t21?,22?,24-,25-,26+,27-,28-,31-,32+/m0/s1. The first-order valence-electron chi connectivity index (χ1n) is 15.6. The van der Waals surface area contributed by atoms with Crippen molar-refractivity contribution < 1.29 is 14.7 Å². The summed E-state index contributed by atoms with van der Waals surface area (Å²) in [6.45, 7) is 11.5. The van der Waals surface area contributed by atoms with Gasteiger partial charge in [-0.1, -0.05) is 32.4 Å². The van der Waals surface area contributed by atoms with Crippen LogP contribution in [0.2, 0.25) is 0 Å². The van der Waals surface area contributed by atoms with Gasteiger partial charge in [-0.2, -0.15) is 0 Å². The molecule has 1 heterocycles. The number of amides is 3. The molecule has 5 aliphatic rings. The van der Waals surface area contributed by atoms with Crippen molar-refractivity contribution in [2.75, 3.05) is 33.7 Å². The van der Waals surface area contributed by atoms with Crippen molar-refractivity contribution in [2.45, 2.75) is 104 Å². The van der Waals surface area contributed by atoms with E-state index in [2.05, 4.69) is 33.8 Å². The summed E-state index contributed by atoms with van der Waals surface area (Å²) in [6, 6.07) is 0.113. The summed E-state index contributed by atoms with van der Waals surface area (Å²) >= 11 is 0. The smallest absolute Gasteiger partial charge is 0.319 e. The number of piperazine rings is 1. The highest BCUT2D eigenvalue weighted by molar-refractivity contribution is 5.78. The second kappa shape index (κ2) is 10.4. The predicted molar refractivity (Wildman–Crippen MR) is 151 cm³/mol. The molecule has 5 rings (SSSR count).